The molecule has 4 aromatic rings. The molecule has 210 valence electrons. The molecule has 0 radical (unpaired) electrons. The summed E-state index contributed by atoms with van der Waals surface area (Å²) in [6.45, 7) is 12.7. The van der Waals surface area contributed by atoms with Crippen LogP contribution in [0, 0.1) is 18.0 Å². The summed E-state index contributed by atoms with van der Waals surface area (Å²) in [7, 11) is 0. The standard InChI is InChI=1S/C20H26N4S.C10H5F2N2.Ir/c1-19(2,3)22-18(23-20(4,5)6)24-14-9-7-8-10-16(14)25-17-11-12-21-13-15(17)24;11-9-5-4-7(10(12)14-9)8-3-1-2-6-13-8;/h7-13,18H,1-6H3;1-3,5-6H;/q-2;-1;+3. The average Bonchev–Trinajstić information content (AvgIpc) is 2.86. The number of pyridine rings is 3. The van der Waals surface area contributed by atoms with Gasteiger partial charge in [-0.25, -0.2) is 8.78 Å². The third kappa shape index (κ3) is 8.38. The zero-order chi connectivity index (χ0) is 28.2. The minimum Gasteiger partial charge on any atom is -0.656 e. The summed E-state index contributed by atoms with van der Waals surface area (Å²) in [6.07, 6.45) is 4.98. The van der Waals surface area contributed by atoms with E-state index in [0.29, 0.717) is 5.69 Å². The van der Waals surface area contributed by atoms with E-state index in [1.807, 2.05) is 12.4 Å². The molecule has 0 saturated carbocycles. The second-order valence-electron chi connectivity index (χ2n) is 10.8. The number of aromatic nitrogens is 3. The quantitative estimate of drug-likeness (QED) is 0.155. The second kappa shape index (κ2) is 13.3. The Labute approximate surface area is 252 Å². The summed E-state index contributed by atoms with van der Waals surface area (Å²) in [5.41, 5.74) is 2.28. The molecule has 0 spiro atoms. The van der Waals surface area contributed by atoms with Gasteiger partial charge in [-0.05, 0) is 30.0 Å². The van der Waals surface area contributed by atoms with Gasteiger partial charge in [0.05, 0.1) is 17.6 Å². The minimum absolute atomic E-state index is 0. The predicted octanol–water partition coefficient (Wildman–Crippen LogP) is 8.53. The minimum atomic E-state index is -0.899. The molecule has 10 heteroatoms. The fourth-order valence-corrected chi connectivity index (χ4v) is 4.82. The van der Waals surface area contributed by atoms with Gasteiger partial charge in [0.25, 0.3) is 0 Å². The molecule has 1 aromatic carbocycles. The fourth-order valence-electron chi connectivity index (χ4n) is 3.78. The van der Waals surface area contributed by atoms with Crippen LogP contribution in [-0.2, 0) is 20.1 Å². The van der Waals surface area contributed by atoms with Crippen LogP contribution in [0.1, 0.15) is 41.5 Å². The Bertz CT molecular complexity index is 1350. The van der Waals surface area contributed by atoms with E-state index in [2.05, 4.69) is 97.8 Å². The van der Waals surface area contributed by atoms with Crippen LogP contribution in [0.5, 0.6) is 0 Å². The summed E-state index contributed by atoms with van der Waals surface area (Å²) >= 11 is 1.77. The van der Waals surface area contributed by atoms with Gasteiger partial charge in [-0.15, -0.1) is 17.1 Å². The van der Waals surface area contributed by atoms with Crippen molar-refractivity contribution in [1.29, 1.82) is 0 Å². The molecule has 0 fully saturated rings. The molecule has 0 aliphatic carbocycles. The van der Waals surface area contributed by atoms with E-state index in [9.17, 15) is 8.78 Å². The van der Waals surface area contributed by atoms with Crippen LogP contribution < -0.4 is 4.90 Å². The van der Waals surface area contributed by atoms with E-state index in [0.717, 1.165) is 17.4 Å². The SMILES string of the molecule is CC(C)(C)[N-]C([N-]C(C)(C)C)N1c2ccccc2Sc2ccncc21.Fc1c[c-]c(-c2ccccn2)c(F)n1.[Ir+3]. The Morgan fingerprint density at radius 1 is 0.850 bits per heavy atom. The van der Waals surface area contributed by atoms with Crippen molar-refractivity contribution in [3.8, 4) is 11.3 Å². The van der Waals surface area contributed by atoms with Gasteiger partial charge in [0.1, 0.15) is 11.9 Å². The number of fused-ring (bicyclic) bond motifs is 2. The summed E-state index contributed by atoms with van der Waals surface area (Å²) in [6, 6.07) is 18.9. The van der Waals surface area contributed by atoms with E-state index >= 15 is 0 Å². The van der Waals surface area contributed by atoms with Crippen LogP contribution in [0.2, 0.25) is 0 Å². The summed E-state index contributed by atoms with van der Waals surface area (Å²) in [5.74, 6) is -1.79. The first-order chi connectivity index (χ1) is 18.4. The smallest absolute Gasteiger partial charge is 0.656 e. The number of benzene rings is 1. The molecule has 0 bridgehead atoms. The normalized spacial score (nSPS) is 12.6. The van der Waals surface area contributed by atoms with Crippen molar-refractivity contribution in [1.82, 2.24) is 15.0 Å². The van der Waals surface area contributed by atoms with Crippen molar-refractivity contribution in [2.45, 2.75) is 68.7 Å². The molecule has 5 rings (SSSR count). The molecule has 0 atom stereocenters. The Balaban J connectivity index is 0.000000250. The molecule has 0 unspecified atom stereocenters. The summed E-state index contributed by atoms with van der Waals surface area (Å²) in [5, 5.41) is 10.1. The van der Waals surface area contributed by atoms with E-state index in [1.165, 1.54) is 16.0 Å². The van der Waals surface area contributed by atoms with Gasteiger partial charge in [0.2, 0.25) is 0 Å². The van der Waals surface area contributed by atoms with Gasteiger partial charge < -0.3 is 20.5 Å². The molecular formula is C30H31F2IrN6S. The first kappa shape index (κ1) is 31.8. The van der Waals surface area contributed by atoms with Crippen molar-refractivity contribution >= 4 is 23.1 Å². The van der Waals surface area contributed by atoms with Crippen molar-refractivity contribution < 1.29 is 28.9 Å². The van der Waals surface area contributed by atoms with Crippen LogP contribution in [0.4, 0.5) is 20.2 Å². The van der Waals surface area contributed by atoms with Gasteiger partial charge in [0, 0.05) is 22.2 Å². The van der Waals surface area contributed by atoms with E-state index in [4.69, 9.17) is 10.6 Å². The summed E-state index contributed by atoms with van der Waals surface area (Å²) in [4.78, 5) is 15.9. The van der Waals surface area contributed by atoms with Crippen molar-refractivity contribution in [2.24, 2.45) is 0 Å². The van der Waals surface area contributed by atoms with Gasteiger partial charge in [-0.3, -0.25) is 9.97 Å². The van der Waals surface area contributed by atoms with Crippen LogP contribution in [0.25, 0.3) is 21.9 Å². The number of nitrogens with zero attached hydrogens (tertiary/aromatic N) is 6. The van der Waals surface area contributed by atoms with E-state index < -0.39 is 11.9 Å². The van der Waals surface area contributed by atoms with E-state index in [-0.39, 0.29) is 43.0 Å². The Kier molecular flexibility index (Phi) is 10.5. The average molecular weight is 738 g/mol. The molecule has 3 aromatic heterocycles. The van der Waals surface area contributed by atoms with Crippen molar-refractivity contribution in [3.63, 3.8) is 0 Å². The molecule has 1 aliphatic heterocycles. The third-order valence-corrected chi connectivity index (χ3v) is 6.40. The monoisotopic (exact) mass is 738 g/mol. The molecule has 40 heavy (non-hydrogen) atoms. The molecule has 4 heterocycles. The van der Waals surface area contributed by atoms with Crippen LogP contribution in [0.15, 0.2) is 83.0 Å². The maximum Gasteiger partial charge on any atom is 3.00 e. The third-order valence-electron chi connectivity index (χ3n) is 5.27. The number of halogens is 2. The molecule has 0 N–H and O–H groups in total. The largest absolute Gasteiger partial charge is 3.00 e. The van der Waals surface area contributed by atoms with Crippen LogP contribution >= 0.6 is 11.8 Å². The zero-order valence-corrected chi connectivity index (χ0v) is 26.4. The number of hydrogen-bond acceptors (Lipinski definition) is 5. The summed E-state index contributed by atoms with van der Waals surface area (Å²) < 4.78 is 25.6. The van der Waals surface area contributed by atoms with Crippen LogP contribution in [-0.4, -0.2) is 32.3 Å². The first-order valence-electron chi connectivity index (χ1n) is 12.5. The number of para-hydroxylation sites is 1. The maximum absolute atomic E-state index is 13.1. The Morgan fingerprint density at radius 2 is 1.50 bits per heavy atom. The van der Waals surface area contributed by atoms with Crippen molar-refractivity contribution in [2.75, 3.05) is 4.90 Å². The fraction of sp³-hybridized carbons (Fsp3) is 0.300. The second-order valence-corrected chi connectivity index (χ2v) is 11.9. The van der Waals surface area contributed by atoms with E-state index in [1.54, 1.807) is 30.0 Å². The zero-order valence-electron chi connectivity index (χ0n) is 23.2. The number of hydrogen-bond donors (Lipinski definition) is 0. The Morgan fingerprint density at radius 3 is 2.12 bits per heavy atom. The molecule has 6 nitrogen and oxygen atoms in total. The molecular weight excluding hydrogens is 707 g/mol. The topological polar surface area (TPSA) is 70.1 Å². The molecule has 0 saturated heterocycles. The van der Waals surface area contributed by atoms with Gasteiger partial charge >= 0.3 is 20.1 Å². The molecule has 0 amide bonds. The number of rotatable bonds is 4. The number of anilines is 2. The molecule has 1 aliphatic rings. The van der Waals surface area contributed by atoms with Gasteiger partial charge in [0.15, 0.2) is 0 Å². The van der Waals surface area contributed by atoms with Crippen LogP contribution in [0.3, 0.4) is 0 Å². The van der Waals surface area contributed by atoms with Gasteiger partial charge in [-0.1, -0.05) is 89.2 Å². The maximum atomic E-state index is 13.1. The predicted molar refractivity (Wildman–Crippen MR) is 153 cm³/mol. The van der Waals surface area contributed by atoms with Gasteiger partial charge in [-0.2, -0.15) is 6.29 Å². The first-order valence-corrected chi connectivity index (χ1v) is 13.3. The van der Waals surface area contributed by atoms with Crippen molar-refractivity contribution in [3.05, 3.63) is 102 Å². The Hall–Kier alpha value is -2.75.